The number of primary amides is 1. The molecule has 2 aliphatic rings. The van der Waals surface area contributed by atoms with Gasteiger partial charge in [-0.3, -0.25) is 9.59 Å². The van der Waals surface area contributed by atoms with Gasteiger partial charge in [-0.2, -0.15) is 0 Å². The zero-order valence-electron chi connectivity index (χ0n) is 10.9. The largest absolute Gasteiger partial charge is 0.369 e. The number of nitrogens with zero attached hydrogens (tertiary/aromatic N) is 1. The van der Waals surface area contributed by atoms with Crippen LogP contribution in [0, 0.1) is 17.8 Å². The van der Waals surface area contributed by atoms with E-state index >= 15 is 0 Å². The van der Waals surface area contributed by atoms with Gasteiger partial charge in [0.05, 0.1) is 10.9 Å². The highest BCUT2D eigenvalue weighted by Crippen LogP contribution is 2.48. The second-order valence-electron chi connectivity index (χ2n) is 5.62. The lowest BCUT2D eigenvalue weighted by Crippen LogP contribution is -2.48. The summed E-state index contributed by atoms with van der Waals surface area (Å²) < 4.78 is 0. The highest BCUT2D eigenvalue weighted by Gasteiger charge is 2.50. The van der Waals surface area contributed by atoms with Crippen LogP contribution in [0.4, 0.5) is 0 Å². The second-order valence-corrected chi connectivity index (χ2v) is 6.06. The normalized spacial score (nSPS) is 31.2. The molecule has 0 spiro atoms. The van der Waals surface area contributed by atoms with Crippen molar-refractivity contribution < 1.29 is 9.59 Å². The van der Waals surface area contributed by atoms with Gasteiger partial charge < -0.3 is 11.1 Å². The van der Waals surface area contributed by atoms with E-state index in [2.05, 4.69) is 10.3 Å². The van der Waals surface area contributed by atoms with Gasteiger partial charge in [0.15, 0.2) is 0 Å². The number of halogens is 1. The van der Waals surface area contributed by atoms with E-state index in [1.165, 1.54) is 6.20 Å². The molecule has 0 aromatic carbocycles. The summed E-state index contributed by atoms with van der Waals surface area (Å²) in [5, 5.41) is 3.41. The molecule has 4 atom stereocenters. The first-order chi connectivity index (χ1) is 9.56. The van der Waals surface area contributed by atoms with Crippen molar-refractivity contribution in [3.05, 3.63) is 29.0 Å². The minimum absolute atomic E-state index is 0.156. The predicted molar refractivity (Wildman–Crippen MR) is 74.0 cm³/mol. The van der Waals surface area contributed by atoms with Gasteiger partial charge in [-0.1, -0.05) is 11.6 Å². The second kappa shape index (κ2) is 5.05. The number of pyridine rings is 1. The first-order valence-corrected chi connectivity index (χ1v) is 7.16. The van der Waals surface area contributed by atoms with E-state index in [0.717, 1.165) is 19.3 Å². The maximum Gasteiger partial charge on any atom is 0.270 e. The fourth-order valence-corrected chi connectivity index (χ4v) is 3.76. The van der Waals surface area contributed by atoms with Gasteiger partial charge in [-0.15, -0.1) is 0 Å². The number of rotatable bonds is 3. The molecule has 2 bridgehead atoms. The van der Waals surface area contributed by atoms with Gasteiger partial charge >= 0.3 is 0 Å². The lowest BCUT2D eigenvalue weighted by molar-refractivity contribution is -0.124. The highest BCUT2D eigenvalue weighted by molar-refractivity contribution is 6.30. The van der Waals surface area contributed by atoms with Crippen LogP contribution in [0.5, 0.6) is 0 Å². The van der Waals surface area contributed by atoms with Gasteiger partial charge in [0, 0.05) is 12.2 Å². The third kappa shape index (κ3) is 2.26. The molecule has 20 heavy (non-hydrogen) atoms. The van der Waals surface area contributed by atoms with Crippen LogP contribution in [0.2, 0.25) is 5.02 Å². The predicted octanol–water partition coefficient (Wildman–Crippen LogP) is 1.36. The van der Waals surface area contributed by atoms with E-state index < -0.39 is 0 Å². The van der Waals surface area contributed by atoms with Crippen LogP contribution in [0.3, 0.4) is 0 Å². The Morgan fingerprint density at radius 2 is 2.05 bits per heavy atom. The summed E-state index contributed by atoms with van der Waals surface area (Å²) in [6, 6.07) is 3.04. The van der Waals surface area contributed by atoms with Crippen LogP contribution in [0.25, 0.3) is 0 Å². The number of carbonyl (C=O) groups excluding carboxylic acids is 2. The Labute approximate surface area is 121 Å². The lowest BCUT2D eigenvalue weighted by Gasteiger charge is -2.29. The standard InChI is InChI=1S/C14H16ClN3O2/c15-9-3-4-10(17-6-9)14(20)18-12-8-2-1-7(5-8)11(12)13(16)19/h3-4,6-8,11-12H,1-2,5H2,(H2,16,19)(H,18,20)/t7-,8-,11-,12+/m0/s1. The summed E-state index contributed by atoms with van der Waals surface area (Å²) >= 11 is 5.75. The summed E-state index contributed by atoms with van der Waals surface area (Å²) in [6.07, 6.45) is 4.49. The Kier molecular flexibility index (Phi) is 3.38. The van der Waals surface area contributed by atoms with Crippen LogP contribution in [0.15, 0.2) is 18.3 Å². The van der Waals surface area contributed by atoms with Crippen molar-refractivity contribution >= 4 is 23.4 Å². The number of hydrogen-bond donors (Lipinski definition) is 2. The Bertz CT molecular complexity index is 546. The molecular weight excluding hydrogens is 278 g/mol. The SMILES string of the molecule is NC(=O)[C@H]1[C@H]2CC[C@@H](C2)[C@H]1NC(=O)c1ccc(Cl)cn1. The number of hydrogen-bond acceptors (Lipinski definition) is 3. The number of amides is 2. The fourth-order valence-electron chi connectivity index (χ4n) is 3.64. The van der Waals surface area contributed by atoms with E-state index in [4.69, 9.17) is 17.3 Å². The molecule has 2 amide bonds. The molecular formula is C14H16ClN3O2. The molecule has 1 aromatic rings. The maximum atomic E-state index is 12.2. The third-order valence-corrected chi connectivity index (χ3v) is 4.73. The van der Waals surface area contributed by atoms with Crippen molar-refractivity contribution in [1.29, 1.82) is 0 Å². The first-order valence-electron chi connectivity index (χ1n) is 6.78. The van der Waals surface area contributed by atoms with E-state index in [9.17, 15) is 9.59 Å². The van der Waals surface area contributed by atoms with Gasteiger partial charge in [-0.25, -0.2) is 4.98 Å². The van der Waals surface area contributed by atoms with E-state index in [1.54, 1.807) is 12.1 Å². The topological polar surface area (TPSA) is 85.1 Å². The van der Waals surface area contributed by atoms with Gasteiger partial charge in [0.2, 0.25) is 5.91 Å². The van der Waals surface area contributed by atoms with E-state index in [0.29, 0.717) is 22.6 Å². The maximum absolute atomic E-state index is 12.2. The van der Waals surface area contributed by atoms with Crippen LogP contribution < -0.4 is 11.1 Å². The molecule has 0 unspecified atom stereocenters. The number of nitrogens with two attached hydrogens (primary N) is 1. The molecule has 0 aliphatic heterocycles. The Balaban J connectivity index is 1.75. The monoisotopic (exact) mass is 293 g/mol. The summed E-state index contributed by atoms with van der Waals surface area (Å²) in [5.41, 5.74) is 5.79. The molecule has 1 heterocycles. The number of fused-ring (bicyclic) bond motifs is 2. The van der Waals surface area contributed by atoms with Crippen molar-refractivity contribution in [2.24, 2.45) is 23.5 Å². The zero-order valence-corrected chi connectivity index (χ0v) is 11.6. The molecule has 5 nitrogen and oxygen atoms in total. The Morgan fingerprint density at radius 1 is 1.30 bits per heavy atom. The molecule has 0 radical (unpaired) electrons. The molecule has 1 aromatic heterocycles. The number of carbonyl (C=O) groups is 2. The molecule has 3 rings (SSSR count). The zero-order chi connectivity index (χ0) is 14.3. The molecule has 3 N–H and O–H groups in total. The molecule has 2 saturated carbocycles. The molecule has 0 saturated heterocycles. The minimum Gasteiger partial charge on any atom is -0.369 e. The average molecular weight is 294 g/mol. The van der Waals surface area contributed by atoms with Crippen LogP contribution in [0.1, 0.15) is 29.8 Å². The summed E-state index contributed by atoms with van der Waals surface area (Å²) in [7, 11) is 0. The summed E-state index contributed by atoms with van der Waals surface area (Å²) in [5.74, 6) is -0.156. The van der Waals surface area contributed by atoms with Crippen molar-refractivity contribution in [3.8, 4) is 0 Å². The van der Waals surface area contributed by atoms with Gasteiger partial charge in [0.25, 0.3) is 5.91 Å². The van der Waals surface area contributed by atoms with Crippen LogP contribution in [-0.4, -0.2) is 22.8 Å². The molecule has 6 heteroatoms. The lowest BCUT2D eigenvalue weighted by atomic mass is 9.84. The quantitative estimate of drug-likeness (QED) is 0.882. The van der Waals surface area contributed by atoms with E-state index in [1.807, 2.05) is 0 Å². The fraction of sp³-hybridized carbons (Fsp3) is 0.500. The van der Waals surface area contributed by atoms with Gasteiger partial charge in [-0.05, 0) is 43.2 Å². The molecule has 2 aliphatic carbocycles. The van der Waals surface area contributed by atoms with E-state index in [-0.39, 0.29) is 23.8 Å². The van der Waals surface area contributed by atoms with Gasteiger partial charge in [0.1, 0.15) is 5.69 Å². The Morgan fingerprint density at radius 3 is 2.70 bits per heavy atom. The minimum atomic E-state index is -0.313. The first kappa shape index (κ1) is 13.4. The Hall–Kier alpha value is -1.62. The van der Waals surface area contributed by atoms with Crippen molar-refractivity contribution in [1.82, 2.24) is 10.3 Å². The third-order valence-electron chi connectivity index (χ3n) is 4.50. The van der Waals surface area contributed by atoms with Crippen molar-refractivity contribution in [2.75, 3.05) is 0 Å². The number of aromatic nitrogens is 1. The molecule has 106 valence electrons. The van der Waals surface area contributed by atoms with Crippen molar-refractivity contribution in [3.63, 3.8) is 0 Å². The van der Waals surface area contributed by atoms with Crippen molar-refractivity contribution in [2.45, 2.75) is 25.3 Å². The smallest absolute Gasteiger partial charge is 0.270 e. The van der Waals surface area contributed by atoms with Crippen LogP contribution in [-0.2, 0) is 4.79 Å². The summed E-state index contributed by atoms with van der Waals surface area (Å²) in [6.45, 7) is 0. The summed E-state index contributed by atoms with van der Waals surface area (Å²) in [4.78, 5) is 27.8. The average Bonchev–Trinajstić information content (AvgIpc) is 3.00. The molecule has 2 fully saturated rings. The van der Waals surface area contributed by atoms with Crippen LogP contribution >= 0.6 is 11.6 Å². The number of nitrogens with one attached hydrogen (secondary N) is 1. The highest BCUT2D eigenvalue weighted by atomic mass is 35.5.